The van der Waals surface area contributed by atoms with Crippen LogP contribution in [0.5, 0.6) is 0 Å². The minimum atomic E-state index is -0.0683. The third-order valence-corrected chi connectivity index (χ3v) is 2.44. The van der Waals surface area contributed by atoms with Gasteiger partial charge in [-0.25, -0.2) is 4.98 Å². The Morgan fingerprint density at radius 1 is 1.64 bits per heavy atom. The van der Waals surface area contributed by atoms with E-state index in [1.807, 2.05) is 0 Å². The summed E-state index contributed by atoms with van der Waals surface area (Å²) in [5, 5.41) is 3.21. The van der Waals surface area contributed by atoms with E-state index in [0.29, 0.717) is 16.6 Å². The first-order valence-electron chi connectivity index (χ1n) is 4.65. The molecule has 1 heterocycles. The van der Waals surface area contributed by atoms with E-state index in [2.05, 4.69) is 10.3 Å². The highest BCUT2D eigenvalue weighted by Crippen LogP contribution is 2.27. The fraction of sp³-hybridized carbons (Fsp3) is 0.400. The Morgan fingerprint density at radius 3 is 3.07 bits per heavy atom. The van der Waals surface area contributed by atoms with Crippen LogP contribution in [0.15, 0.2) is 18.3 Å². The van der Waals surface area contributed by atoms with Gasteiger partial charge in [-0.1, -0.05) is 11.6 Å². The molecule has 1 aliphatic carbocycles. The van der Waals surface area contributed by atoms with E-state index < -0.39 is 0 Å². The Balaban J connectivity index is 1.95. The molecule has 1 amide bonds. The predicted octanol–water partition coefficient (Wildman–Crippen LogP) is 1.87. The zero-order chi connectivity index (χ0) is 9.97. The standard InChI is InChI=1S/C10H11ClN2O/c11-9-5-8(3-4-12-9)10(14)13-6-7-1-2-7/h3-5,7H,1-2,6H2,(H,13,14). The van der Waals surface area contributed by atoms with Crippen LogP contribution in [0.3, 0.4) is 0 Å². The van der Waals surface area contributed by atoms with E-state index in [-0.39, 0.29) is 5.91 Å². The molecule has 3 nitrogen and oxygen atoms in total. The Hall–Kier alpha value is -1.09. The molecule has 1 aromatic heterocycles. The fourth-order valence-electron chi connectivity index (χ4n) is 1.20. The van der Waals surface area contributed by atoms with Gasteiger partial charge in [0.05, 0.1) is 0 Å². The molecule has 0 aromatic carbocycles. The van der Waals surface area contributed by atoms with Crippen LogP contribution < -0.4 is 5.32 Å². The van der Waals surface area contributed by atoms with Crippen LogP contribution in [0.2, 0.25) is 5.15 Å². The molecule has 0 bridgehead atoms. The molecule has 0 radical (unpaired) electrons. The molecule has 0 spiro atoms. The van der Waals surface area contributed by atoms with E-state index in [9.17, 15) is 4.79 Å². The van der Waals surface area contributed by atoms with Gasteiger partial charge in [0, 0.05) is 18.3 Å². The average molecular weight is 211 g/mol. The van der Waals surface area contributed by atoms with Crippen LogP contribution in [0.25, 0.3) is 0 Å². The van der Waals surface area contributed by atoms with E-state index in [0.717, 1.165) is 6.54 Å². The summed E-state index contributed by atoms with van der Waals surface area (Å²) >= 11 is 5.67. The maximum absolute atomic E-state index is 11.5. The van der Waals surface area contributed by atoms with Gasteiger partial charge in [0.25, 0.3) is 5.91 Å². The lowest BCUT2D eigenvalue weighted by Gasteiger charge is -2.03. The third-order valence-electron chi connectivity index (χ3n) is 2.24. The largest absolute Gasteiger partial charge is 0.352 e. The van der Waals surface area contributed by atoms with Crippen LogP contribution in [-0.2, 0) is 0 Å². The smallest absolute Gasteiger partial charge is 0.251 e. The first-order valence-corrected chi connectivity index (χ1v) is 5.03. The SMILES string of the molecule is O=C(NCC1CC1)c1ccnc(Cl)c1. The number of carbonyl (C=O) groups is 1. The van der Waals surface area contributed by atoms with Gasteiger partial charge in [0.15, 0.2) is 0 Å². The van der Waals surface area contributed by atoms with Crippen molar-refractivity contribution in [3.63, 3.8) is 0 Å². The molecule has 0 unspecified atom stereocenters. The molecule has 2 rings (SSSR count). The normalized spacial score (nSPS) is 15.2. The summed E-state index contributed by atoms with van der Waals surface area (Å²) in [5.41, 5.74) is 0.575. The van der Waals surface area contributed by atoms with Gasteiger partial charge in [0.1, 0.15) is 5.15 Å². The predicted molar refractivity (Wildman–Crippen MR) is 54.3 cm³/mol. The van der Waals surface area contributed by atoms with Crippen LogP contribution >= 0.6 is 11.6 Å². The third kappa shape index (κ3) is 2.45. The van der Waals surface area contributed by atoms with E-state index in [1.165, 1.54) is 19.0 Å². The lowest BCUT2D eigenvalue weighted by Crippen LogP contribution is -2.25. The van der Waals surface area contributed by atoms with Crippen molar-refractivity contribution in [2.45, 2.75) is 12.8 Å². The summed E-state index contributed by atoms with van der Waals surface area (Å²) in [6, 6.07) is 3.23. The minimum absolute atomic E-state index is 0.0683. The number of amides is 1. The number of rotatable bonds is 3. The van der Waals surface area contributed by atoms with Crippen LogP contribution in [0, 0.1) is 5.92 Å². The Kier molecular flexibility index (Phi) is 2.68. The molecule has 74 valence electrons. The fourth-order valence-corrected chi connectivity index (χ4v) is 1.38. The molecular formula is C10H11ClN2O. The summed E-state index contributed by atoms with van der Waals surface area (Å²) in [6.07, 6.45) is 4.00. The Morgan fingerprint density at radius 2 is 2.43 bits per heavy atom. The maximum Gasteiger partial charge on any atom is 0.251 e. The molecule has 1 saturated carbocycles. The van der Waals surface area contributed by atoms with Crippen molar-refractivity contribution in [1.29, 1.82) is 0 Å². The number of carbonyl (C=O) groups excluding carboxylic acids is 1. The van der Waals surface area contributed by atoms with Gasteiger partial charge in [-0.05, 0) is 30.9 Å². The Labute approximate surface area is 87.5 Å². The second kappa shape index (κ2) is 3.96. The van der Waals surface area contributed by atoms with Gasteiger partial charge >= 0.3 is 0 Å². The number of nitrogens with zero attached hydrogens (tertiary/aromatic N) is 1. The molecule has 4 heteroatoms. The van der Waals surface area contributed by atoms with Crippen LogP contribution in [0.1, 0.15) is 23.2 Å². The van der Waals surface area contributed by atoms with Gasteiger partial charge in [-0.3, -0.25) is 4.79 Å². The van der Waals surface area contributed by atoms with Crippen molar-refractivity contribution in [3.05, 3.63) is 29.0 Å². The molecule has 1 aliphatic rings. The van der Waals surface area contributed by atoms with Crippen molar-refractivity contribution in [2.24, 2.45) is 5.92 Å². The van der Waals surface area contributed by atoms with E-state index in [4.69, 9.17) is 11.6 Å². The van der Waals surface area contributed by atoms with Crippen molar-refractivity contribution in [2.75, 3.05) is 6.54 Å². The average Bonchev–Trinajstić information content (AvgIpc) is 2.97. The highest BCUT2D eigenvalue weighted by atomic mass is 35.5. The summed E-state index contributed by atoms with van der Waals surface area (Å²) in [4.78, 5) is 15.3. The second-order valence-electron chi connectivity index (χ2n) is 3.52. The first kappa shape index (κ1) is 9.46. The quantitative estimate of drug-likeness (QED) is 0.774. The van der Waals surface area contributed by atoms with E-state index in [1.54, 1.807) is 12.1 Å². The highest BCUT2D eigenvalue weighted by molar-refractivity contribution is 6.29. The van der Waals surface area contributed by atoms with Gasteiger partial charge in [-0.15, -0.1) is 0 Å². The molecule has 0 saturated heterocycles. The monoisotopic (exact) mass is 210 g/mol. The number of aromatic nitrogens is 1. The van der Waals surface area contributed by atoms with E-state index >= 15 is 0 Å². The molecule has 1 fully saturated rings. The number of halogens is 1. The maximum atomic E-state index is 11.5. The lowest BCUT2D eigenvalue weighted by atomic mass is 10.2. The topological polar surface area (TPSA) is 42.0 Å². The van der Waals surface area contributed by atoms with Crippen LogP contribution in [-0.4, -0.2) is 17.4 Å². The van der Waals surface area contributed by atoms with Gasteiger partial charge < -0.3 is 5.32 Å². The van der Waals surface area contributed by atoms with Crippen molar-refractivity contribution >= 4 is 17.5 Å². The van der Waals surface area contributed by atoms with Crippen molar-refractivity contribution in [1.82, 2.24) is 10.3 Å². The van der Waals surface area contributed by atoms with Gasteiger partial charge in [0.2, 0.25) is 0 Å². The molecule has 0 atom stereocenters. The van der Waals surface area contributed by atoms with Crippen LogP contribution in [0.4, 0.5) is 0 Å². The lowest BCUT2D eigenvalue weighted by molar-refractivity contribution is 0.0951. The molecule has 0 aliphatic heterocycles. The van der Waals surface area contributed by atoms with Gasteiger partial charge in [-0.2, -0.15) is 0 Å². The zero-order valence-corrected chi connectivity index (χ0v) is 8.42. The minimum Gasteiger partial charge on any atom is -0.352 e. The summed E-state index contributed by atoms with van der Waals surface area (Å²) in [6.45, 7) is 0.777. The summed E-state index contributed by atoms with van der Waals surface area (Å²) < 4.78 is 0. The zero-order valence-electron chi connectivity index (χ0n) is 7.66. The number of nitrogens with one attached hydrogen (secondary N) is 1. The number of hydrogen-bond donors (Lipinski definition) is 1. The molecule has 1 N–H and O–H groups in total. The molecule has 1 aromatic rings. The molecule has 14 heavy (non-hydrogen) atoms. The van der Waals surface area contributed by atoms with Crippen molar-refractivity contribution < 1.29 is 4.79 Å². The van der Waals surface area contributed by atoms with Crippen molar-refractivity contribution in [3.8, 4) is 0 Å². The first-order chi connectivity index (χ1) is 6.75. The Bertz CT molecular complexity index is 350. The number of pyridine rings is 1. The summed E-state index contributed by atoms with van der Waals surface area (Å²) in [7, 11) is 0. The molecular weight excluding hydrogens is 200 g/mol. The number of hydrogen-bond acceptors (Lipinski definition) is 2. The highest BCUT2D eigenvalue weighted by Gasteiger charge is 2.21. The summed E-state index contributed by atoms with van der Waals surface area (Å²) in [5.74, 6) is 0.623. The second-order valence-corrected chi connectivity index (χ2v) is 3.91.